The van der Waals surface area contributed by atoms with Crippen LogP contribution in [0.3, 0.4) is 0 Å². The number of rotatable bonds is 8. The number of aromatic nitrogens is 1. The zero-order chi connectivity index (χ0) is 28.6. The number of ketones is 1. The molecule has 3 aliphatic heterocycles. The van der Waals surface area contributed by atoms with Crippen molar-refractivity contribution in [3.8, 4) is 11.3 Å². The minimum absolute atomic E-state index is 0.0376. The fraction of sp³-hybridized carbons (Fsp3) is 0.571. The van der Waals surface area contributed by atoms with Crippen LogP contribution in [-0.4, -0.2) is 103 Å². The molecule has 4 atom stereocenters. The van der Waals surface area contributed by atoms with E-state index in [9.17, 15) is 23.2 Å². The largest absolute Gasteiger partial charge is 0.367 e. The van der Waals surface area contributed by atoms with E-state index in [1.807, 2.05) is 31.4 Å². The summed E-state index contributed by atoms with van der Waals surface area (Å²) >= 11 is 1.60. The number of ether oxygens (including phenoxy) is 1. The molecule has 2 aromatic rings. The zero-order valence-corrected chi connectivity index (χ0v) is 23.7. The SMILES string of the molecule is CC(C)C[C@H](NC(=O)c1ccc(-c2csc(N3CCN(C)CC3)n2)cc1)C(=O)N1C[C@@H](C(F)F)C2OCC(=O)[C@H]21. The minimum Gasteiger partial charge on any atom is -0.367 e. The molecule has 3 aliphatic rings. The van der Waals surface area contributed by atoms with Crippen LogP contribution in [0.15, 0.2) is 29.6 Å². The quantitative estimate of drug-likeness (QED) is 0.517. The van der Waals surface area contributed by atoms with Gasteiger partial charge in [-0.15, -0.1) is 11.3 Å². The first-order valence-corrected chi connectivity index (χ1v) is 14.5. The van der Waals surface area contributed by atoms with Gasteiger partial charge in [0.15, 0.2) is 10.9 Å². The minimum atomic E-state index is -2.72. The second kappa shape index (κ2) is 11.9. The van der Waals surface area contributed by atoms with Crippen molar-refractivity contribution in [1.82, 2.24) is 20.1 Å². The molecule has 1 unspecified atom stereocenters. The number of amides is 2. The molecule has 5 rings (SSSR count). The van der Waals surface area contributed by atoms with E-state index < -0.39 is 42.3 Å². The van der Waals surface area contributed by atoms with Crippen LogP contribution in [0.25, 0.3) is 11.3 Å². The van der Waals surface area contributed by atoms with Crippen molar-refractivity contribution in [2.45, 2.75) is 44.9 Å². The smallest absolute Gasteiger partial charge is 0.251 e. The lowest BCUT2D eigenvalue weighted by Gasteiger charge is -2.32. The Morgan fingerprint density at radius 2 is 1.85 bits per heavy atom. The molecule has 0 radical (unpaired) electrons. The molecule has 0 aliphatic carbocycles. The molecule has 3 saturated heterocycles. The van der Waals surface area contributed by atoms with Gasteiger partial charge < -0.3 is 24.8 Å². The maximum atomic E-state index is 13.6. The zero-order valence-electron chi connectivity index (χ0n) is 22.9. The van der Waals surface area contributed by atoms with Crippen molar-refractivity contribution < 1.29 is 27.9 Å². The van der Waals surface area contributed by atoms with Crippen LogP contribution >= 0.6 is 11.3 Å². The van der Waals surface area contributed by atoms with Gasteiger partial charge in [0.25, 0.3) is 5.91 Å². The summed E-state index contributed by atoms with van der Waals surface area (Å²) in [7, 11) is 2.11. The Morgan fingerprint density at radius 3 is 2.50 bits per heavy atom. The second-order valence-electron chi connectivity index (χ2n) is 11.2. The summed E-state index contributed by atoms with van der Waals surface area (Å²) in [6, 6.07) is 5.02. The van der Waals surface area contributed by atoms with E-state index >= 15 is 0 Å². The van der Waals surface area contributed by atoms with Crippen molar-refractivity contribution in [1.29, 1.82) is 0 Å². The van der Waals surface area contributed by atoms with Gasteiger partial charge in [-0.05, 0) is 31.5 Å². The highest BCUT2D eigenvalue weighted by molar-refractivity contribution is 7.14. The molecule has 40 heavy (non-hydrogen) atoms. The highest BCUT2D eigenvalue weighted by atomic mass is 32.1. The van der Waals surface area contributed by atoms with Gasteiger partial charge in [0, 0.05) is 49.2 Å². The number of hydrogen-bond acceptors (Lipinski definition) is 8. The molecule has 12 heteroatoms. The standard InChI is InChI=1S/C28H35F2N5O4S/c1-16(2)12-20(27(38)35-13-19(25(29)30)24-23(35)22(36)14-39-24)31-26(37)18-6-4-17(5-7-18)21-15-40-28(32-21)34-10-8-33(3)9-11-34/h4-7,15-16,19-20,23-25H,8-14H2,1-3H3,(H,31,37)/t19-,20+,23-,24?/m1/s1. The number of hydrogen-bond donors (Lipinski definition) is 1. The Kier molecular flexibility index (Phi) is 8.48. The van der Waals surface area contributed by atoms with Crippen LogP contribution in [-0.2, 0) is 14.3 Å². The Labute approximate surface area is 236 Å². The van der Waals surface area contributed by atoms with Crippen molar-refractivity contribution in [3.63, 3.8) is 0 Å². The highest BCUT2D eigenvalue weighted by Gasteiger charge is 2.55. The number of carbonyl (C=O) groups excluding carboxylic acids is 3. The van der Waals surface area contributed by atoms with Gasteiger partial charge in [0.05, 0.1) is 17.7 Å². The van der Waals surface area contributed by atoms with Crippen molar-refractivity contribution >= 4 is 34.1 Å². The molecule has 0 saturated carbocycles. The first kappa shape index (κ1) is 28.6. The summed E-state index contributed by atoms with van der Waals surface area (Å²) in [5, 5.41) is 5.78. The molecule has 9 nitrogen and oxygen atoms in total. The number of piperazine rings is 1. The summed E-state index contributed by atoms with van der Waals surface area (Å²) in [6.45, 7) is 7.10. The lowest BCUT2D eigenvalue weighted by Crippen LogP contribution is -2.52. The third-order valence-corrected chi connectivity index (χ3v) is 8.75. The molecule has 1 aromatic carbocycles. The fourth-order valence-corrected chi connectivity index (χ4v) is 6.50. The topological polar surface area (TPSA) is 95.1 Å². The predicted molar refractivity (Wildman–Crippen MR) is 148 cm³/mol. The van der Waals surface area contributed by atoms with Crippen molar-refractivity contribution in [3.05, 3.63) is 35.2 Å². The molecule has 0 bridgehead atoms. The number of thiazole rings is 1. The molecule has 1 aromatic heterocycles. The molecular formula is C28H35F2N5O4S. The van der Waals surface area contributed by atoms with Crippen LogP contribution in [0, 0.1) is 11.8 Å². The Hall–Kier alpha value is -2.96. The fourth-order valence-electron chi connectivity index (χ4n) is 5.61. The lowest BCUT2D eigenvalue weighted by atomic mass is 10.0. The molecule has 216 valence electrons. The Balaban J connectivity index is 1.27. The van der Waals surface area contributed by atoms with E-state index in [1.165, 1.54) is 4.90 Å². The van der Waals surface area contributed by atoms with E-state index in [1.54, 1.807) is 23.5 Å². The summed E-state index contributed by atoms with van der Waals surface area (Å²) in [5.41, 5.74) is 2.08. The van der Waals surface area contributed by atoms with Gasteiger partial charge in [-0.25, -0.2) is 13.8 Å². The molecule has 1 N–H and O–H groups in total. The van der Waals surface area contributed by atoms with Gasteiger partial charge in [0.2, 0.25) is 12.3 Å². The monoisotopic (exact) mass is 575 g/mol. The predicted octanol–water partition coefficient (Wildman–Crippen LogP) is 2.77. The average Bonchev–Trinajstić information content (AvgIpc) is 3.65. The number of fused-ring (bicyclic) bond motifs is 1. The Morgan fingerprint density at radius 1 is 1.15 bits per heavy atom. The Bertz CT molecular complexity index is 1230. The highest BCUT2D eigenvalue weighted by Crippen LogP contribution is 2.36. The van der Waals surface area contributed by atoms with Gasteiger partial charge in [-0.3, -0.25) is 14.4 Å². The van der Waals surface area contributed by atoms with Crippen LogP contribution in [0.4, 0.5) is 13.9 Å². The maximum absolute atomic E-state index is 13.6. The van der Waals surface area contributed by atoms with E-state index in [0.717, 1.165) is 42.6 Å². The number of alkyl halides is 2. The number of likely N-dealkylation sites (N-methyl/N-ethyl adjacent to an activating group) is 1. The third kappa shape index (κ3) is 5.89. The van der Waals surface area contributed by atoms with Gasteiger partial charge >= 0.3 is 0 Å². The molecule has 3 fully saturated rings. The van der Waals surface area contributed by atoms with Crippen LogP contribution < -0.4 is 10.2 Å². The molecule has 2 amide bonds. The average molecular weight is 576 g/mol. The van der Waals surface area contributed by atoms with E-state index in [2.05, 4.69) is 22.2 Å². The van der Waals surface area contributed by atoms with Crippen molar-refractivity contribution in [2.75, 3.05) is 51.3 Å². The van der Waals surface area contributed by atoms with Crippen LogP contribution in [0.5, 0.6) is 0 Å². The number of nitrogens with one attached hydrogen (secondary N) is 1. The lowest BCUT2D eigenvalue weighted by molar-refractivity contribution is -0.138. The van der Waals surface area contributed by atoms with Crippen LogP contribution in [0.2, 0.25) is 0 Å². The number of nitrogens with zero attached hydrogens (tertiary/aromatic N) is 4. The van der Waals surface area contributed by atoms with Crippen LogP contribution in [0.1, 0.15) is 30.6 Å². The first-order valence-electron chi connectivity index (χ1n) is 13.7. The van der Waals surface area contributed by atoms with Crippen molar-refractivity contribution in [2.24, 2.45) is 11.8 Å². The van der Waals surface area contributed by atoms with E-state index in [-0.39, 0.29) is 24.9 Å². The van der Waals surface area contributed by atoms with Gasteiger partial charge in [-0.1, -0.05) is 26.0 Å². The molecular weight excluding hydrogens is 540 g/mol. The summed E-state index contributed by atoms with van der Waals surface area (Å²) in [4.78, 5) is 49.7. The van der Waals surface area contributed by atoms with Gasteiger partial charge in [-0.2, -0.15) is 0 Å². The van der Waals surface area contributed by atoms with E-state index in [0.29, 0.717) is 12.0 Å². The third-order valence-electron chi connectivity index (χ3n) is 7.85. The van der Waals surface area contributed by atoms with E-state index in [4.69, 9.17) is 9.72 Å². The normalized spacial score (nSPS) is 24.2. The van der Waals surface area contributed by atoms with Gasteiger partial charge in [0.1, 0.15) is 18.7 Å². The number of Topliss-reactive ketones (excluding diaryl/α,β-unsaturated/α-hetero) is 1. The second-order valence-corrected chi connectivity index (χ2v) is 12.1. The molecule has 4 heterocycles. The number of anilines is 1. The summed E-state index contributed by atoms with van der Waals surface area (Å²) in [5.74, 6) is -2.56. The number of benzene rings is 1. The maximum Gasteiger partial charge on any atom is 0.251 e. The summed E-state index contributed by atoms with van der Waals surface area (Å²) < 4.78 is 32.6. The first-order chi connectivity index (χ1) is 19.1. The number of halogens is 2. The summed E-state index contributed by atoms with van der Waals surface area (Å²) in [6.07, 6.45) is -3.43. The number of carbonyl (C=O) groups is 3. The number of likely N-dealkylation sites (tertiary alicyclic amines) is 1. The molecule has 0 spiro atoms.